The third-order valence-electron chi connectivity index (χ3n) is 3.68. The van der Waals surface area contributed by atoms with E-state index in [1.165, 1.54) is 0 Å². The maximum atomic E-state index is 12.4. The number of halogens is 1. The number of hydrogen-bond donors (Lipinski definition) is 3. The van der Waals surface area contributed by atoms with Gasteiger partial charge in [0.05, 0.1) is 18.6 Å². The van der Waals surface area contributed by atoms with Gasteiger partial charge in [-0.3, -0.25) is 4.99 Å². The summed E-state index contributed by atoms with van der Waals surface area (Å²) in [4.78, 5) is 4.41. The van der Waals surface area contributed by atoms with E-state index in [1.807, 2.05) is 25.1 Å². The summed E-state index contributed by atoms with van der Waals surface area (Å²) in [6.07, 6.45) is 0. The average molecular weight is 504 g/mol. The van der Waals surface area contributed by atoms with Gasteiger partial charge in [0.25, 0.3) is 0 Å². The zero-order valence-corrected chi connectivity index (χ0v) is 18.7. The molecule has 0 aliphatic rings. The van der Waals surface area contributed by atoms with Crippen molar-refractivity contribution in [3.8, 4) is 5.75 Å². The number of benzene rings is 2. The van der Waals surface area contributed by atoms with E-state index in [0.717, 1.165) is 17.0 Å². The number of sulfonamides is 1. The Hall–Kier alpha value is -1.85. The second kappa shape index (κ2) is 10.5. The molecule has 0 saturated heterocycles. The Morgan fingerprint density at radius 1 is 1.15 bits per heavy atom. The van der Waals surface area contributed by atoms with E-state index in [4.69, 9.17) is 10.5 Å². The molecule has 27 heavy (non-hydrogen) atoms. The van der Waals surface area contributed by atoms with E-state index in [-0.39, 0.29) is 47.9 Å². The molecule has 0 aromatic heterocycles. The van der Waals surface area contributed by atoms with Gasteiger partial charge in [-0.05, 0) is 55.3 Å². The molecule has 2 rings (SSSR count). The maximum Gasteiger partial charge on any atom is 0.240 e. The largest absolute Gasteiger partial charge is 0.497 e. The third-order valence-corrected chi connectivity index (χ3v) is 5.28. The number of aryl methyl sites for hydroxylation is 2. The summed E-state index contributed by atoms with van der Waals surface area (Å²) in [6, 6.07) is 12.5. The number of nitrogens with two attached hydrogens (primary N) is 1. The van der Waals surface area contributed by atoms with Crippen molar-refractivity contribution in [1.82, 2.24) is 4.72 Å². The molecule has 7 nitrogen and oxygen atoms in total. The van der Waals surface area contributed by atoms with Crippen LogP contribution in [0.5, 0.6) is 5.75 Å². The smallest absolute Gasteiger partial charge is 0.240 e. The number of rotatable bonds is 7. The van der Waals surface area contributed by atoms with E-state index in [1.54, 1.807) is 38.3 Å². The monoisotopic (exact) mass is 504 g/mol. The lowest BCUT2D eigenvalue weighted by Crippen LogP contribution is -2.29. The minimum Gasteiger partial charge on any atom is -0.497 e. The topological polar surface area (TPSA) is 106 Å². The Morgan fingerprint density at radius 3 is 2.44 bits per heavy atom. The van der Waals surface area contributed by atoms with Gasteiger partial charge in [-0.25, -0.2) is 13.1 Å². The summed E-state index contributed by atoms with van der Waals surface area (Å²) in [5, 5.41) is 2.93. The van der Waals surface area contributed by atoms with Crippen molar-refractivity contribution in [2.24, 2.45) is 10.7 Å². The first-order chi connectivity index (χ1) is 12.3. The molecule has 0 unspecified atom stereocenters. The Bertz CT molecular complexity index is 884. The first kappa shape index (κ1) is 23.2. The predicted octanol–water partition coefficient (Wildman–Crippen LogP) is 2.64. The highest BCUT2D eigenvalue weighted by atomic mass is 127. The fraction of sp³-hybridized carbons (Fsp3) is 0.278. The molecule has 0 radical (unpaired) electrons. The standard InChI is InChI=1S/C18H24N4O3S.HI/c1-13-4-5-14(2)17(12-13)26(23,24)21-11-10-20-18(19)22-15-6-8-16(25-3)9-7-15;/h4-9,12,21H,10-11H2,1-3H3,(H3,19,20,22);1H. The van der Waals surface area contributed by atoms with E-state index >= 15 is 0 Å². The summed E-state index contributed by atoms with van der Waals surface area (Å²) < 4.78 is 32.4. The number of aliphatic imine (C=N–C) groups is 1. The summed E-state index contributed by atoms with van der Waals surface area (Å²) in [6.45, 7) is 4.00. The molecule has 0 bridgehead atoms. The molecule has 0 amide bonds. The van der Waals surface area contributed by atoms with Crippen LogP contribution in [0.25, 0.3) is 0 Å². The fourth-order valence-electron chi connectivity index (χ4n) is 2.29. The van der Waals surface area contributed by atoms with Gasteiger partial charge in [-0.2, -0.15) is 0 Å². The molecular weight excluding hydrogens is 479 g/mol. The van der Waals surface area contributed by atoms with Gasteiger partial charge in [0, 0.05) is 12.2 Å². The summed E-state index contributed by atoms with van der Waals surface area (Å²) in [5.41, 5.74) is 8.17. The SMILES string of the molecule is COc1ccc(NC(N)=NCCNS(=O)(=O)c2cc(C)ccc2C)cc1.I. The highest BCUT2D eigenvalue weighted by molar-refractivity contribution is 14.0. The lowest BCUT2D eigenvalue weighted by atomic mass is 10.2. The van der Waals surface area contributed by atoms with Gasteiger partial charge in [-0.15, -0.1) is 24.0 Å². The summed E-state index contributed by atoms with van der Waals surface area (Å²) in [5.74, 6) is 0.952. The van der Waals surface area contributed by atoms with Gasteiger partial charge >= 0.3 is 0 Å². The first-order valence-corrected chi connectivity index (χ1v) is 9.58. The Kier molecular flexibility index (Phi) is 9.00. The van der Waals surface area contributed by atoms with E-state index in [0.29, 0.717) is 5.56 Å². The normalized spacial score (nSPS) is 11.6. The zero-order valence-electron chi connectivity index (χ0n) is 15.5. The summed E-state index contributed by atoms with van der Waals surface area (Å²) in [7, 11) is -1.98. The lowest BCUT2D eigenvalue weighted by Gasteiger charge is -2.10. The van der Waals surface area contributed by atoms with Gasteiger partial charge in [0.1, 0.15) is 5.75 Å². The first-order valence-electron chi connectivity index (χ1n) is 8.10. The number of methoxy groups -OCH3 is 1. The molecule has 0 aliphatic heterocycles. The number of ether oxygens (including phenoxy) is 1. The Labute approximate surface area is 177 Å². The van der Waals surface area contributed by atoms with Gasteiger partial charge in [0.2, 0.25) is 10.0 Å². The van der Waals surface area contributed by atoms with Crippen molar-refractivity contribution in [3.63, 3.8) is 0 Å². The van der Waals surface area contributed by atoms with Gasteiger partial charge in [-0.1, -0.05) is 12.1 Å². The van der Waals surface area contributed by atoms with Crippen molar-refractivity contribution in [2.75, 3.05) is 25.5 Å². The Morgan fingerprint density at radius 2 is 1.81 bits per heavy atom. The van der Waals surface area contributed by atoms with Gasteiger partial charge in [0.15, 0.2) is 5.96 Å². The molecular formula is C18H25IN4O3S. The van der Waals surface area contributed by atoms with Crippen LogP contribution in [0.3, 0.4) is 0 Å². The van der Waals surface area contributed by atoms with Crippen LogP contribution in [-0.4, -0.2) is 34.6 Å². The predicted molar refractivity (Wildman–Crippen MR) is 120 cm³/mol. The van der Waals surface area contributed by atoms with Gasteiger partial charge < -0.3 is 15.8 Å². The van der Waals surface area contributed by atoms with E-state index in [9.17, 15) is 8.42 Å². The minimum absolute atomic E-state index is 0. The molecule has 0 fully saturated rings. The third kappa shape index (κ3) is 7.00. The lowest BCUT2D eigenvalue weighted by molar-refractivity contribution is 0.415. The quantitative estimate of drug-likeness (QED) is 0.233. The fourth-order valence-corrected chi connectivity index (χ4v) is 3.64. The zero-order chi connectivity index (χ0) is 19.2. The molecule has 4 N–H and O–H groups in total. The van der Waals surface area contributed by atoms with Crippen LogP contribution in [0, 0.1) is 13.8 Å². The second-order valence-corrected chi connectivity index (χ2v) is 7.52. The molecule has 0 aliphatic carbocycles. The van der Waals surface area contributed by atoms with Crippen molar-refractivity contribution >= 4 is 45.6 Å². The molecule has 2 aromatic carbocycles. The molecule has 0 saturated carbocycles. The van der Waals surface area contributed by atoms with Crippen LogP contribution in [0.4, 0.5) is 5.69 Å². The number of anilines is 1. The van der Waals surface area contributed by atoms with Crippen LogP contribution in [0.15, 0.2) is 52.4 Å². The average Bonchev–Trinajstić information content (AvgIpc) is 2.61. The Balaban J connectivity index is 0.00000364. The number of hydrogen-bond acceptors (Lipinski definition) is 4. The number of guanidine groups is 1. The maximum absolute atomic E-state index is 12.4. The van der Waals surface area contributed by atoms with E-state index < -0.39 is 10.0 Å². The van der Waals surface area contributed by atoms with Crippen LogP contribution < -0.4 is 20.5 Å². The molecule has 0 atom stereocenters. The molecule has 0 heterocycles. The summed E-state index contributed by atoms with van der Waals surface area (Å²) >= 11 is 0. The van der Waals surface area contributed by atoms with E-state index in [2.05, 4.69) is 15.0 Å². The van der Waals surface area contributed by atoms with Crippen LogP contribution in [0.1, 0.15) is 11.1 Å². The van der Waals surface area contributed by atoms with Crippen LogP contribution in [-0.2, 0) is 10.0 Å². The minimum atomic E-state index is -3.57. The number of nitrogens with one attached hydrogen (secondary N) is 2. The molecule has 0 spiro atoms. The van der Waals surface area contributed by atoms with Crippen molar-refractivity contribution in [2.45, 2.75) is 18.7 Å². The van der Waals surface area contributed by atoms with Crippen LogP contribution >= 0.6 is 24.0 Å². The molecule has 148 valence electrons. The highest BCUT2D eigenvalue weighted by Gasteiger charge is 2.16. The molecule has 9 heteroatoms. The van der Waals surface area contributed by atoms with Crippen molar-refractivity contribution in [1.29, 1.82) is 0 Å². The second-order valence-electron chi connectivity index (χ2n) is 5.79. The molecule has 2 aromatic rings. The van der Waals surface area contributed by atoms with Crippen molar-refractivity contribution < 1.29 is 13.2 Å². The van der Waals surface area contributed by atoms with Crippen LogP contribution in [0.2, 0.25) is 0 Å². The number of nitrogens with zero attached hydrogens (tertiary/aromatic N) is 1. The highest BCUT2D eigenvalue weighted by Crippen LogP contribution is 2.16. The van der Waals surface area contributed by atoms with Crippen molar-refractivity contribution in [3.05, 3.63) is 53.6 Å².